The molecule has 2 rings (SSSR count). The standard InChI is InChI=1S/C16H17NO3S/c1-16(2,3)11-4-6-12(7-5-11)17-14-13(15(19)20)10(8-18)9-21-14/h4-7,17H,9H2,1-3H3,(H,19,20). The van der Waals surface area contributed by atoms with E-state index in [1.54, 1.807) is 5.94 Å². The van der Waals surface area contributed by atoms with Crippen molar-refractivity contribution in [1.29, 1.82) is 0 Å². The molecular weight excluding hydrogens is 286 g/mol. The third kappa shape index (κ3) is 3.38. The van der Waals surface area contributed by atoms with Crippen molar-refractivity contribution in [3.05, 3.63) is 46.0 Å². The van der Waals surface area contributed by atoms with Crippen molar-refractivity contribution < 1.29 is 14.7 Å². The number of nitrogens with one attached hydrogen (secondary N) is 1. The third-order valence-corrected chi connectivity index (χ3v) is 4.26. The zero-order valence-corrected chi connectivity index (χ0v) is 13.0. The van der Waals surface area contributed by atoms with Gasteiger partial charge in [-0.2, -0.15) is 0 Å². The van der Waals surface area contributed by atoms with Gasteiger partial charge < -0.3 is 10.4 Å². The summed E-state index contributed by atoms with van der Waals surface area (Å²) < 4.78 is 0. The molecule has 0 radical (unpaired) electrons. The zero-order chi connectivity index (χ0) is 15.6. The fourth-order valence-electron chi connectivity index (χ4n) is 2.02. The Kier molecular flexibility index (Phi) is 4.26. The number of carbonyl (C=O) groups excluding carboxylic acids is 1. The molecule has 0 spiro atoms. The first-order valence-electron chi connectivity index (χ1n) is 6.55. The molecule has 0 fully saturated rings. The van der Waals surface area contributed by atoms with Gasteiger partial charge in [0, 0.05) is 11.4 Å². The summed E-state index contributed by atoms with van der Waals surface area (Å²) in [6.45, 7) is 6.40. The second-order valence-corrected chi connectivity index (χ2v) is 6.82. The summed E-state index contributed by atoms with van der Waals surface area (Å²) in [5.41, 5.74) is 2.29. The molecular formula is C16H17NO3S. The van der Waals surface area contributed by atoms with Gasteiger partial charge in [0.2, 0.25) is 0 Å². The van der Waals surface area contributed by atoms with Gasteiger partial charge in [0.15, 0.2) is 0 Å². The number of carboxylic acids is 1. The van der Waals surface area contributed by atoms with E-state index in [1.165, 1.54) is 17.3 Å². The number of hydrogen-bond donors (Lipinski definition) is 2. The van der Waals surface area contributed by atoms with E-state index in [0.29, 0.717) is 10.8 Å². The number of carboxylic acid groups (broad SMARTS) is 1. The Hall–Kier alpha value is -1.97. The number of carbonyl (C=O) groups is 1. The molecule has 110 valence electrons. The SMILES string of the molecule is CC(C)(C)c1ccc(NC2=C(C(=O)O)C(=C=O)CS2)cc1. The lowest BCUT2D eigenvalue weighted by Crippen LogP contribution is -2.11. The maximum atomic E-state index is 11.2. The van der Waals surface area contributed by atoms with Crippen LogP contribution >= 0.6 is 11.8 Å². The van der Waals surface area contributed by atoms with Gasteiger partial charge >= 0.3 is 5.97 Å². The molecule has 0 bridgehead atoms. The van der Waals surface area contributed by atoms with Crippen molar-refractivity contribution >= 4 is 29.4 Å². The van der Waals surface area contributed by atoms with E-state index in [9.17, 15) is 14.7 Å². The first kappa shape index (κ1) is 15.4. The monoisotopic (exact) mass is 303 g/mol. The molecule has 1 aliphatic rings. The largest absolute Gasteiger partial charge is 0.478 e. The molecule has 0 unspecified atom stereocenters. The minimum atomic E-state index is -1.10. The molecule has 2 N–H and O–H groups in total. The van der Waals surface area contributed by atoms with Crippen molar-refractivity contribution in [3.63, 3.8) is 0 Å². The lowest BCUT2D eigenvalue weighted by Gasteiger charge is -2.19. The van der Waals surface area contributed by atoms with Crippen LogP contribution < -0.4 is 5.32 Å². The second-order valence-electron chi connectivity index (χ2n) is 5.83. The highest BCUT2D eigenvalue weighted by atomic mass is 32.2. The lowest BCUT2D eigenvalue weighted by atomic mass is 9.87. The van der Waals surface area contributed by atoms with Gasteiger partial charge in [-0.1, -0.05) is 32.9 Å². The van der Waals surface area contributed by atoms with Crippen LogP contribution in [0.15, 0.2) is 40.4 Å². The van der Waals surface area contributed by atoms with E-state index >= 15 is 0 Å². The van der Waals surface area contributed by atoms with Crippen LogP contribution in [0.4, 0.5) is 5.69 Å². The van der Waals surface area contributed by atoms with Gasteiger partial charge in [-0.15, -0.1) is 11.8 Å². The Labute approximate surface area is 127 Å². The Morgan fingerprint density at radius 3 is 2.38 bits per heavy atom. The van der Waals surface area contributed by atoms with Gasteiger partial charge in [-0.25, -0.2) is 9.59 Å². The summed E-state index contributed by atoms with van der Waals surface area (Å²) in [4.78, 5) is 22.0. The molecule has 1 heterocycles. The smallest absolute Gasteiger partial charge is 0.339 e. The quantitative estimate of drug-likeness (QED) is 0.839. The Morgan fingerprint density at radius 2 is 1.90 bits per heavy atom. The average molecular weight is 303 g/mol. The Morgan fingerprint density at radius 1 is 1.29 bits per heavy atom. The van der Waals surface area contributed by atoms with E-state index in [-0.39, 0.29) is 16.6 Å². The van der Waals surface area contributed by atoms with Crippen molar-refractivity contribution in [2.45, 2.75) is 26.2 Å². The topological polar surface area (TPSA) is 66.4 Å². The minimum absolute atomic E-state index is 0.0231. The number of benzene rings is 1. The predicted molar refractivity (Wildman–Crippen MR) is 85.1 cm³/mol. The van der Waals surface area contributed by atoms with Crippen LogP contribution in [0.3, 0.4) is 0 Å². The molecule has 4 nitrogen and oxygen atoms in total. The summed E-state index contributed by atoms with van der Waals surface area (Å²) in [5.74, 6) is 0.944. The molecule has 0 saturated heterocycles. The molecule has 5 heteroatoms. The normalized spacial score (nSPS) is 15.1. The van der Waals surface area contributed by atoms with Gasteiger partial charge in [0.1, 0.15) is 11.5 Å². The van der Waals surface area contributed by atoms with Gasteiger partial charge in [0.25, 0.3) is 0 Å². The molecule has 0 aromatic heterocycles. The van der Waals surface area contributed by atoms with Gasteiger partial charge in [-0.3, -0.25) is 0 Å². The maximum absolute atomic E-state index is 11.2. The summed E-state index contributed by atoms with van der Waals surface area (Å²) in [7, 11) is 0. The molecule has 0 amide bonds. The summed E-state index contributed by atoms with van der Waals surface area (Å²) in [5, 5.41) is 12.8. The minimum Gasteiger partial charge on any atom is -0.478 e. The summed E-state index contributed by atoms with van der Waals surface area (Å²) >= 11 is 1.30. The summed E-state index contributed by atoms with van der Waals surface area (Å²) in [6.07, 6.45) is 0. The van der Waals surface area contributed by atoms with Crippen LogP contribution in [0.2, 0.25) is 0 Å². The molecule has 21 heavy (non-hydrogen) atoms. The highest BCUT2D eigenvalue weighted by Crippen LogP contribution is 2.35. The van der Waals surface area contributed by atoms with Crippen molar-refractivity contribution in [2.24, 2.45) is 0 Å². The number of rotatable bonds is 3. The molecule has 1 aromatic rings. The number of aliphatic carboxylic acids is 1. The molecule has 0 saturated carbocycles. The first-order valence-corrected chi connectivity index (χ1v) is 7.54. The average Bonchev–Trinajstić information content (AvgIpc) is 2.81. The van der Waals surface area contributed by atoms with Gasteiger partial charge in [-0.05, 0) is 23.1 Å². The molecule has 0 atom stereocenters. The number of hydrogen-bond acceptors (Lipinski definition) is 4. The van der Waals surface area contributed by atoms with E-state index in [4.69, 9.17) is 0 Å². The van der Waals surface area contributed by atoms with Crippen LogP contribution in [0.25, 0.3) is 0 Å². The fourth-order valence-corrected chi connectivity index (χ4v) is 3.05. The molecule has 1 aromatic carbocycles. The molecule has 0 aliphatic carbocycles. The van der Waals surface area contributed by atoms with E-state index in [2.05, 4.69) is 26.1 Å². The maximum Gasteiger partial charge on any atom is 0.339 e. The van der Waals surface area contributed by atoms with Crippen LogP contribution in [0.5, 0.6) is 0 Å². The highest BCUT2D eigenvalue weighted by Gasteiger charge is 2.27. The van der Waals surface area contributed by atoms with Crippen LogP contribution in [0.1, 0.15) is 26.3 Å². The van der Waals surface area contributed by atoms with Crippen LogP contribution in [-0.2, 0) is 15.0 Å². The third-order valence-electron chi connectivity index (χ3n) is 3.24. The number of thioether (sulfide) groups is 1. The fraction of sp³-hybridized carbons (Fsp3) is 0.312. The van der Waals surface area contributed by atoms with Gasteiger partial charge in [0.05, 0.1) is 10.6 Å². The highest BCUT2D eigenvalue weighted by molar-refractivity contribution is 8.03. The summed E-state index contributed by atoms with van der Waals surface area (Å²) in [6, 6.07) is 7.85. The Balaban J connectivity index is 2.27. The number of anilines is 1. The van der Waals surface area contributed by atoms with E-state index in [1.807, 2.05) is 24.3 Å². The lowest BCUT2D eigenvalue weighted by molar-refractivity contribution is -0.132. The Bertz CT molecular complexity index is 647. The van der Waals surface area contributed by atoms with Crippen LogP contribution in [0, 0.1) is 0 Å². The van der Waals surface area contributed by atoms with E-state index in [0.717, 1.165) is 5.69 Å². The first-order chi connectivity index (χ1) is 9.82. The van der Waals surface area contributed by atoms with Crippen LogP contribution in [-0.4, -0.2) is 22.8 Å². The van der Waals surface area contributed by atoms with Crippen molar-refractivity contribution in [3.8, 4) is 0 Å². The molecule has 1 aliphatic heterocycles. The zero-order valence-electron chi connectivity index (χ0n) is 12.2. The van der Waals surface area contributed by atoms with E-state index < -0.39 is 5.97 Å². The van der Waals surface area contributed by atoms with Crippen molar-refractivity contribution in [2.75, 3.05) is 11.1 Å². The predicted octanol–water partition coefficient (Wildman–Crippen LogP) is 3.20. The van der Waals surface area contributed by atoms with Crippen molar-refractivity contribution in [1.82, 2.24) is 0 Å². The second kappa shape index (κ2) is 5.80.